The highest BCUT2D eigenvalue weighted by Crippen LogP contribution is 2.04. The molecule has 0 unspecified atom stereocenters. The average molecular weight is 204 g/mol. The minimum atomic E-state index is 0.180. The van der Waals surface area contributed by atoms with Crippen LogP contribution >= 0.6 is 12.6 Å². The van der Waals surface area contributed by atoms with Crippen LogP contribution < -0.4 is 0 Å². The molecule has 1 aromatic carbocycles. The zero-order valence-corrected chi connectivity index (χ0v) is 8.97. The van der Waals surface area contributed by atoms with Crippen LogP contribution in [0.4, 0.5) is 0 Å². The molecule has 72 valence electrons. The van der Waals surface area contributed by atoms with Crippen LogP contribution in [0.3, 0.4) is 0 Å². The maximum absolute atomic E-state index is 10.8. The molecule has 0 atom stereocenters. The summed E-state index contributed by atoms with van der Waals surface area (Å²) in [7, 11) is 0. The SMILES string of the molecule is CC(=O)Cc1ccc(C#CCS)cc1. The molecule has 0 aliphatic carbocycles. The molecule has 1 nitrogen and oxygen atoms in total. The Labute approximate surface area is 89.9 Å². The van der Waals surface area contributed by atoms with Gasteiger partial charge in [-0.2, -0.15) is 12.6 Å². The molecular formula is C12H12OS. The molecule has 0 fully saturated rings. The Bertz CT molecular complexity index is 368. The first kappa shape index (κ1) is 10.9. The van der Waals surface area contributed by atoms with E-state index in [-0.39, 0.29) is 5.78 Å². The maximum atomic E-state index is 10.8. The van der Waals surface area contributed by atoms with Gasteiger partial charge in [-0.15, -0.1) is 0 Å². The number of rotatable bonds is 2. The standard InChI is InChI=1S/C12H12OS/c1-10(13)9-12-6-4-11(5-7-12)3-2-8-14/h4-7,14H,8-9H2,1H3. The van der Waals surface area contributed by atoms with E-state index in [1.54, 1.807) is 6.92 Å². The van der Waals surface area contributed by atoms with Crippen molar-refractivity contribution >= 4 is 18.4 Å². The van der Waals surface area contributed by atoms with E-state index in [0.717, 1.165) is 11.1 Å². The predicted octanol–water partition coefficient (Wildman–Crippen LogP) is 2.10. The largest absolute Gasteiger partial charge is 0.300 e. The third kappa shape index (κ3) is 3.68. The van der Waals surface area contributed by atoms with Crippen LogP contribution in [0.25, 0.3) is 0 Å². The van der Waals surface area contributed by atoms with Crippen molar-refractivity contribution in [1.82, 2.24) is 0 Å². The molecule has 0 aliphatic heterocycles. The van der Waals surface area contributed by atoms with E-state index < -0.39 is 0 Å². The van der Waals surface area contributed by atoms with Gasteiger partial charge in [0.05, 0.1) is 5.75 Å². The number of thiol groups is 1. The molecule has 0 heterocycles. The van der Waals surface area contributed by atoms with E-state index in [9.17, 15) is 4.79 Å². The number of hydrogen-bond acceptors (Lipinski definition) is 2. The van der Waals surface area contributed by atoms with Crippen molar-refractivity contribution in [3.63, 3.8) is 0 Å². The van der Waals surface area contributed by atoms with Gasteiger partial charge in [0.25, 0.3) is 0 Å². The zero-order valence-electron chi connectivity index (χ0n) is 8.08. The van der Waals surface area contributed by atoms with Gasteiger partial charge in [0.15, 0.2) is 0 Å². The smallest absolute Gasteiger partial charge is 0.134 e. The third-order valence-electron chi connectivity index (χ3n) is 1.72. The minimum Gasteiger partial charge on any atom is -0.300 e. The van der Waals surface area contributed by atoms with Gasteiger partial charge in [0.1, 0.15) is 5.78 Å². The van der Waals surface area contributed by atoms with Gasteiger partial charge in [-0.1, -0.05) is 24.0 Å². The Balaban J connectivity index is 2.73. The van der Waals surface area contributed by atoms with Crippen molar-refractivity contribution < 1.29 is 4.79 Å². The molecule has 0 saturated heterocycles. The first-order valence-corrected chi connectivity index (χ1v) is 5.03. The lowest BCUT2D eigenvalue weighted by Gasteiger charge is -1.96. The zero-order chi connectivity index (χ0) is 10.4. The number of benzene rings is 1. The van der Waals surface area contributed by atoms with Crippen LogP contribution in [0.1, 0.15) is 18.1 Å². The second kappa shape index (κ2) is 5.51. The number of Topliss-reactive ketones (excluding diaryl/α,β-unsaturated/α-hetero) is 1. The molecule has 0 aliphatic rings. The first-order valence-electron chi connectivity index (χ1n) is 4.40. The van der Waals surface area contributed by atoms with Crippen molar-refractivity contribution in [2.45, 2.75) is 13.3 Å². The molecule has 1 aromatic rings. The van der Waals surface area contributed by atoms with Crippen molar-refractivity contribution in [2.24, 2.45) is 0 Å². The van der Waals surface area contributed by atoms with Crippen LogP contribution in [0.15, 0.2) is 24.3 Å². The Kier molecular flexibility index (Phi) is 4.28. The van der Waals surface area contributed by atoms with Gasteiger partial charge in [-0.25, -0.2) is 0 Å². The van der Waals surface area contributed by atoms with Gasteiger partial charge in [-0.3, -0.25) is 4.79 Å². The van der Waals surface area contributed by atoms with Crippen LogP contribution in [0.5, 0.6) is 0 Å². The Morgan fingerprint density at radius 2 is 2.00 bits per heavy atom. The van der Waals surface area contributed by atoms with Crippen molar-refractivity contribution in [3.05, 3.63) is 35.4 Å². The van der Waals surface area contributed by atoms with E-state index in [2.05, 4.69) is 24.5 Å². The van der Waals surface area contributed by atoms with E-state index in [1.165, 1.54) is 0 Å². The molecule has 2 heteroatoms. The second-order valence-electron chi connectivity index (χ2n) is 3.04. The van der Waals surface area contributed by atoms with Gasteiger partial charge in [0, 0.05) is 12.0 Å². The first-order chi connectivity index (χ1) is 6.72. The van der Waals surface area contributed by atoms with Gasteiger partial charge in [-0.05, 0) is 24.6 Å². The summed E-state index contributed by atoms with van der Waals surface area (Å²) in [5.41, 5.74) is 2.00. The fourth-order valence-corrected chi connectivity index (χ4v) is 1.21. The van der Waals surface area contributed by atoms with E-state index in [1.807, 2.05) is 24.3 Å². The van der Waals surface area contributed by atoms with Crippen molar-refractivity contribution in [2.75, 3.05) is 5.75 Å². The molecule has 0 aromatic heterocycles. The van der Waals surface area contributed by atoms with Gasteiger partial charge >= 0.3 is 0 Å². The van der Waals surface area contributed by atoms with Gasteiger partial charge in [0.2, 0.25) is 0 Å². The monoisotopic (exact) mass is 204 g/mol. The topological polar surface area (TPSA) is 17.1 Å². The van der Waals surface area contributed by atoms with Crippen LogP contribution in [-0.2, 0) is 11.2 Å². The lowest BCUT2D eigenvalue weighted by atomic mass is 10.1. The predicted molar refractivity (Wildman–Crippen MR) is 61.6 cm³/mol. The van der Waals surface area contributed by atoms with Crippen LogP contribution in [-0.4, -0.2) is 11.5 Å². The Hall–Kier alpha value is -1.20. The van der Waals surface area contributed by atoms with Crippen LogP contribution in [0.2, 0.25) is 0 Å². The Morgan fingerprint density at radius 3 is 2.50 bits per heavy atom. The molecule has 0 spiro atoms. The quantitative estimate of drug-likeness (QED) is 0.576. The van der Waals surface area contributed by atoms with Crippen molar-refractivity contribution in [1.29, 1.82) is 0 Å². The van der Waals surface area contributed by atoms with E-state index in [0.29, 0.717) is 12.2 Å². The van der Waals surface area contributed by atoms with Gasteiger partial charge < -0.3 is 0 Å². The van der Waals surface area contributed by atoms with E-state index in [4.69, 9.17) is 0 Å². The average Bonchev–Trinajstić information content (AvgIpc) is 2.16. The molecule has 0 amide bonds. The highest BCUT2D eigenvalue weighted by molar-refractivity contribution is 7.80. The summed E-state index contributed by atoms with van der Waals surface area (Å²) in [4.78, 5) is 10.8. The highest BCUT2D eigenvalue weighted by atomic mass is 32.1. The van der Waals surface area contributed by atoms with E-state index >= 15 is 0 Å². The highest BCUT2D eigenvalue weighted by Gasteiger charge is 1.96. The summed E-state index contributed by atoms with van der Waals surface area (Å²) >= 11 is 4.00. The summed E-state index contributed by atoms with van der Waals surface area (Å²) in [5.74, 6) is 6.58. The summed E-state index contributed by atoms with van der Waals surface area (Å²) in [6, 6.07) is 7.72. The fourth-order valence-electron chi connectivity index (χ4n) is 1.13. The summed E-state index contributed by atoms with van der Waals surface area (Å²) in [6.07, 6.45) is 0.500. The molecule has 0 radical (unpaired) electrons. The Morgan fingerprint density at radius 1 is 1.36 bits per heavy atom. The lowest BCUT2D eigenvalue weighted by molar-refractivity contribution is -0.116. The van der Waals surface area contributed by atoms with Crippen molar-refractivity contribution in [3.8, 4) is 11.8 Å². The fraction of sp³-hybridized carbons (Fsp3) is 0.250. The second-order valence-corrected chi connectivity index (χ2v) is 3.35. The minimum absolute atomic E-state index is 0.180. The molecule has 0 bridgehead atoms. The number of carbonyl (C=O) groups excluding carboxylic acids is 1. The number of hydrogen-bond donors (Lipinski definition) is 1. The summed E-state index contributed by atoms with van der Waals surface area (Å²) in [6.45, 7) is 1.59. The number of carbonyl (C=O) groups is 1. The maximum Gasteiger partial charge on any atom is 0.134 e. The normalized spacial score (nSPS) is 9.00. The van der Waals surface area contributed by atoms with Crippen LogP contribution in [0, 0.1) is 11.8 Å². The molecular weight excluding hydrogens is 192 g/mol. The number of ketones is 1. The molecule has 14 heavy (non-hydrogen) atoms. The summed E-state index contributed by atoms with van der Waals surface area (Å²) in [5, 5.41) is 0. The molecule has 1 rings (SSSR count). The lowest BCUT2D eigenvalue weighted by Crippen LogP contribution is -1.95. The summed E-state index contributed by atoms with van der Waals surface area (Å²) < 4.78 is 0. The molecule has 0 N–H and O–H groups in total. The molecule has 0 saturated carbocycles. The third-order valence-corrected chi connectivity index (χ3v) is 1.88.